The number of carbonyl (C=O) groups is 3. The number of nitrogens with one attached hydrogen (secondary N) is 2. The van der Waals surface area contributed by atoms with E-state index in [0.29, 0.717) is 28.4 Å². The summed E-state index contributed by atoms with van der Waals surface area (Å²) in [7, 11) is 0. The van der Waals surface area contributed by atoms with Crippen molar-refractivity contribution in [3.63, 3.8) is 0 Å². The van der Waals surface area contributed by atoms with E-state index >= 15 is 0 Å². The molecule has 2 N–H and O–H groups in total. The summed E-state index contributed by atoms with van der Waals surface area (Å²) >= 11 is 5.84. The molecule has 3 aromatic rings. The van der Waals surface area contributed by atoms with Gasteiger partial charge in [0.1, 0.15) is 5.75 Å². The lowest BCUT2D eigenvalue weighted by molar-refractivity contribution is 0.0950. The maximum absolute atomic E-state index is 12.3. The van der Waals surface area contributed by atoms with E-state index < -0.39 is 6.16 Å². The molecule has 0 saturated carbocycles. The molecule has 0 spiro atoms. The molecule has 0 aromatic heterocycles. The van der Waals surface area contributed by atoms with Crippen LogP contribution in [0.25, 0.3) is 0 Å². The lowest BCUT2D eigenvalue weighted by Gasteiger charge is -2.09. The van der Waals surface area contributed by atoms with E-state index in [9.17, 15) is 14.4 Å². The van der Waals surface area contributed by atoms with Crippen LogP contribution in [0.2, 0.25) is 5.02 Å². The van der Waals surface area contributed by atoms with Gasteiger partial charge in [-0.15, -0.1) is 0 Å². The highest BCUT2D eigenvalue weighted by molar-refractivity contribution is 6.30. The highest BCUT2D eigenvalue weighted by Gasteiger charge is 2.09. The zero-order chi connectivity index (χ0) is 22.9. The molecular weight excluding hydrogens is 432 g/mol. The first-order chi connectivity index (χ1) is 15.4. The number of amides is 2. The second-order valence-corrected chi connectivity index (χ2v) is 7.09. The smallest absolute Gasteiger partial charge is 0.434 e. The van der Waals surface area contributed by atoms with Crippen LogP contribution in [0.5, 0.6) is 5.75 Å². The van der Waals surface area contributed by atoms with Gasteiger partial charge in [0.2, 0.25) is 0 Å². The molecule has 7 nitrogen and oxygen atoms in total. The number of carbonyl (C=O) groups excluding carboxylic acids is 3. The molecule has 164 valence electrons. The Labute approximate surface area is 190 Å². The number of anilines is 1. The Morgan fingerprint density at radius 3 is 2.03 bits per heavy atom. The van der Waals surface area contributed by atoms with E-state index in [-0.39, 0.29) is 24.2 Å². The van der Waals surface area contributed by atoms with Gasteiger partial charge in [-0.2, -0.15) is 0 Å². The molecule has 32 heavy (non-hydrogen) atoms. The molecule has 0 saturated heterocycles. The number of hydrogen-bond donors (Lipinski definition) is 2. The van der Waals surface area contributed by atoms with Gasteiger partial charge in [0.15, 0.2) is 0 Å². The van der Waals surface area contributed by atoms with Crippen molar-refractivity contribution >= 4 is 35.3 Å². The van der Waals surface area contributed by atoms with Crippen LogP contribution in [0.3, 0.4) is 0 Å². The van der Waals surface area contributed by atoms with Crippen LogP contribution in [0, 0.1) is 0 Å². The molecule has 2 amide bonds. The minimum atomic E-state index is -0.794. The molecule has 0 aliphatic rings. The lowest BCUT2D eigenvalue weighted by atomic mass is 10.1. The van der Waals surface area contributed by atoms with Gasteiger partial charge in [-0.3, -0.25) is 9.59 Å². The number of halogens is 1. The van der Waals surface area contributed by atoms with Gasteiger partial charge in [-0.1, -0.05) is 23.7 Å². The van der Waals surface area contributed by atoms with Crippen LogP contribution in [0.15, 0.2) is 72.8 Å². The molecule has 0 fully saturated rings. The summed E-state index contributed by atoms with van der Waals surface area (Å²) < 4.78 is 9.66. The Balaban J connectivity index is 1.50. The van der Waals surface area contributed by atoms with Crippen LogP contribution in [-0.2, 0) is 11.3 Å². The van der Waals surface area contributed by atoms with E-state index in [4.69, 9.17) is 21.1 Å². The molecule has 0 aliphatic carbocycles. The third-order valence-electron chi connectivity index (χ3n) is 4.35. The largest absolute Gasteiger partial charge is 0.513 e. The van der Waals surface area contributed by atoms with Gasteiger partial charge in [-0.25, -0.2) is 4.79 Å². The first-order valence-electron chi connectivity index (χ1n) is 9.83. The van der Waals surface area contributed by atoms with Gasteiger partial charge in [0, 0.05) is 28.4 Å². The fraction of sp³-hybridized carbons (Fsp3) is 0.125. The van der Waals surface area contributed by atoms with Crippen molar-refractivity contribution in [2.75, 3.05) is 11.9 Å². The summed E-state index contributed by atoms with van der Waals surface area (Å²) in [6.07, 6.45) is -0.794. The average molecular weight is 453 g/mol. The molecule has 3 aromatic carbocycles. The lowest BCUT2D eigenvalue weighted by Crippen LogP contribution is -2.22. The normalized spacial score (nSPS) is 10.2. The molecule has 0 atom stereocenters. The van der Waals surface area contributed by atoms with Crippen molar-refractivity contribution in [1.29, 1.82) is 0 Å². The fourth-order valence-corrected chi connectivity index (χ4v) is 2.84. The third-order valence-corrected chi connectivity index (χ3v) is 4.60. The Kier molecular flexibility index (Phi) is 7.83. The molecule has 0 radical (unpaired) electrons. The minimum absolute atomic E-state index is 0.217. The summed E-state index contributed by atoms with van der Waals surface area (Å²) in [5.41, 5.74) is 2.43. The van der Waals surface area contributed by atoms with Crippen LogP contribution in [-0.4, -0.2) is 24.6 Å². The minimum Gasteiger partial charge on any atom is -0.434 e. The van der Waals surface area contributed by atoms with Crippen molar-refractivity contribution in [2.45, 2.75) is 13.5 Å². The van der Waals surface area contributed by atoms with Crippen molar-refractivity contribution in [1.82, 2.24) is 5.32 Å². The van der Waals surface area contributed by atoms with Gasteiger partial charge < -0.3 is 20.1 Å². The van der Waals surface area contributed by atoms with Crippen molar-refractivity contribution in [3.05, 3.63) is 94.5 Å². The third kappa shape index (κ3) is 6.58. The fourth-order valence-electron chi connectivity index (χ4n) is 2.71. The second kappa shape index (κ2) is 11.0. The van der Waals surface area contributed by atoms with E-state index in [1.165, 1.54) is 12.1 Å². The van der Waals surface area contributed by atoms with Crippen LogP contribution < -0.4 is 15.4 Å². The van der Waals surface area contributed by atoms with E-state index in [0.717, 1.165) is 5.56 Å². The van der Waals surface area contributed by atoms with E-state index in [1.807, 2.05) is 12.1 Å². The van der Waals surface area contributed by atoms with Gasteiger partial charge in [0.05, 0.1) is 6.61 Å². The molecular formula is C24H21ClN2O5. The van der Waals surface area contributed by atoms with Crippen molar-refractivity contribution < 1.29 is 23.9 Å². The average Bonchev–Trinajstić information content (AvgIpc) is 2.79. The summed E-state index contributed by atoms with van der Waals surface area (Å²) in [6, 6.07) is 19.9. The molecule has 3 rings (SSSR count). The monoisotopic (exact) mass is 452 g/mol. The number of rotatable bonds is 7. The van der Waals surface area contributed by atoms with Crippen molar-refractivity contribution in [2.24, 2.45) is 0 Å². The van der Waals surface area contributed by atoms with E-state index in [2.05, 4.69) is 10.6 Å². The highest BCUT2D eigenvalue weighted by atomic mass is 35.5. The van der Waals surface area contributed by atoms with Gasteiger partial charge in [-0.05, 0) is 73.2 Å². The van der Waals surface area contributed by atoms with Gasteiger partial charge >= 0.3 is 6.16 Å². The predicted octanol–water partition coefficient (Wildman–Crippen LogP) is 5.06. The maximum Gasteiger partial charge on any atom is 0.513 e. The number of hydrogen-bond acceptors (Lipinski definition) is 5. The van der Waals surface area contributed by atoms with E-state index in [1.54, 1.807) is 55.5 Å². The Morgan fingerprint density at radius 2 is 1.41 bits per heavy atom. The Morgan fingerprint density at radius 1 is 0.812 bits per heavy atom. The van der Waals surface area contributed by atoms with Crippen LogP contribution >= 0.6 is 11.6 Å². The summed E-state index contributed by atoms with van der Waals surface area (Å²) in [4.78, 5) is 35.9. The molecule has 0 heterocycles. The second-order valence-electron chi connectivity index (χ2n) is 6.65. The topological polar surface area (TPSA) is 93.7 Å². The first kappa shape index (κ1) is 22.8. The zero-order valence-electron chi connectivity index (χ0n) is 17.3. The van der Waals surface area contributed by atoms with Gasteiger partial charge in [0.25, 0.3) is 11.8 Å². The predicted molar refractivity (Wildman–Crippen MR) is 121 cm³/mol. The summed E-state index contributed by atoms with van der Waals surface area (Å²) in [6.45, 7) is 2.21. The number of benzene rings is 3. The van der Waals surface area contributed by atoms with Crippen LogP contribution in [0.1, 0.15) is 33.2 Å². The highest BCUT2D eigenvalue weighted by Crippen LogP contribution is 2.15. The molecule has 0 bridgehead atoms. The standard InChI is InChI=1S/C24H21ClN2O5/c1-2-31-24(30)32-21-13-7-17(8-14-21)22(28)26-15-16-3-11-20(12-4-16)27-23(29)18-5-9-19(25)10-6-18/h3-14H,2,15H2,1H3,(H,26,28)(H,27,29). The first-order valence-corrected chi connectivity index (χ1v) is 10.2. The zero-order valence-corrected chi connectivity index (χ0v) is 18.0. The molecule has 0 aliphatic heterocycles. The summed E-state index contributed by atoms with van der Waals surface area (Å²) in [5, 5.41) is 6.19. The summed E-state index contributed by atoms with van der Waals surface area (Å²) in [5.74, 6) is -0.220. The Bertz CT molecular complexity index is 1080. The quantitative estimate of drug-likeness (QED) is 0.386. The van der Waals surface area contributed by atoms with Crippen LogP contribution in [0.4, 0.5) is 10.5 Å². The van der Waals surface area contributed by atoms with Crippen molar-refractivity contribution in [3.8, 4) is 5.75 Å². The number of ether oxygens (including phenoxy) is 2. The maximum atomic E-state index is 12.3. The SMILES string of the molecule is CCOC(=O)Oc1ccc(C(=O)NCc2ccc(NC(=O)c3ccc(Cl)cc3)cc2)cc1. The Hall–Kier alpha value is -3.84. The molecule has 0 unspecified atom stereocenters. The molecule has 8 heteroatoms.